The van der Waals surface area contributed by atoms with Gasteiger partial charge in [-0.3, -0.25) is 0 Å². The van der Waals surface area contributed by atoms with E-state index in [4.69, 9.17) is 94.3 Å². The molecule has 0 amide bonds. The standard InChI is InChI=1S/C33H88O12Si10.C29H76O10Si8.C21H52O6Si4/c1-46(2,3)38-50(11,12)42-54(19,20)44-52(15,16)40-48(7,8)27-23-25-36-31-33(29-34,30-35)32-37-26-24-28-49(9,10)41-53(17,18)45-55(21,22)43-51(13,14)39-47(4,5)6;1-40(2,3)34-44(11,12)38-46(15,16)36-42(7,8)23-19-21-32-27-29(25-30,26-31)28-33-22-20-24-43(9,10)37-47(17,18)39-45(13,14)35-41(4,5)6;1-28(2,3)26-30(7,8)15-11-13-24-19-21(17-22,18-23)20-25-14-12-16-31(9,10)27-29(4,5)6/h34-35H,23-32H2,1-22H3;30-31H,19-28H2,1-18H3;22-23H,11-20H2,1-10H3. The van der Waals surface area contributed by atoms with Gasteiger partial charge in [-0.05, 0) is 402 Å². The molecule has 0 heterocycles. The molecule has 0 aromatic heterocycles. The first-order valence-corrected chi connectivity index (χ1v) is 117. The Bertz CT molecular complexity index is 2940. The summed E-state index contributed by atoms with van der Waals surface area (Å²) in [7, 11) is -45.2. The Morgan fingerprint density at radius 2 is 0.248 bits per heavy atom. The molecule has 0 aromatic carbocycles. The van der Waals surface area contributed by atoms with Crippen LogP contribution in [0.3, 0.4) is 0 Å². The second-order valence-corrected chi connectivity index (χ2v) is 142. The van der Waals surface area contributed by atoms with Gasteiger partial charge in [0.25, 0.3) is 0 Å². The summed E-state index contributed by atoms with van der Waals surface area (Å²) in [5.41, 5.74) is -2.45. The van der Waals surface area contributed by atoms with Gasteiger partial charge < -0.3 is 125 Å². The summed E-state index contributed by atoms with van der Waals surface area (Å²) in [6.45, 7) is 113. The molecule has 0 atom stereocenters. The average Bonchev–Trinajstić information content (AvgIpc) is 0.751. The summed E-state index contributed by atoms with van der Waals surface area (Å²) >= 11 is 0. The molecule has 0 rings (SSSR count). The zero-order valence-corrected chi connectivity index (χ0v) is 117. The molecule has 0 radical (unpaired) electrons. The van der Waals surface area contributed by atoms with Gasteiger partial charge in [0.1, 0.15) is 0 Å². The van der Waals surface area contributed by atoms with E-state index in [2.05, 4.69) is 327 Å². The first kappa shape index (κ1) is 141. The minimum absolute atomic E-state index is 0.151. The van der Waals surface area contributed by atoms with Crippen molar-refractivity contribution in [3.8, 4) is 0 Å². The average molecular weight is 2280 g/mol. The van der Waals surface area contributed by atoms with Crippen LogP contribution in [0.1, 0.15) is 38.5 Å². The van der Waals surface area contributed by atoms with Crippen molar-refractivity contribution in [2.75, 3.05) is 119 Å². The van der Waals surface area contributed by atoms with E-state index in [1.807, 2.05) is 0 Å². The molecular formula is C83H216O28Si22. The second kappa shape index (κ2) is 58.2. The van der Waals surface area contributed by atoms with Crippen molar-refractivity contribution in [3.63, 3.8) is 0 Å². The first-order valence-electron chi connectivity index (χ1n) is 49.3. The van der Waals surface area contributed by atoms with Gasteiger partial charge in [0.05, 0.1) is 95.5 Å². The lowest BCUT2D eigenvalue weighted by Crippen LogP contribution is -2.58. The van der Waals surface area contributed by atoms with E-state index in [-0.39, 0.29) is 66.1 Å². The van der Waals surface area contributed by atoms with E-state index in [0.717, 1.165) is 74.8 Å². The van der Waals surface area contributed by atoms with Crippen molar-refractivity contribution in [2.45, 2.75) is 402 Å². The van der Waals surface area contributed by atoms with Crippen molar-refractivity contribution in [2.24, 2.45) is 16.2 Å². The number of hydrogen-bond acceptors (Lipinski definition) is 28. The van der Waals surface area contributed by atoms with Crippen LogP contribution in [0, 0.1) is 16.2 Å². The topological polar surface area (TPSA) is 324 Å². The van der Waals surface area contributed by atoms with E-state index in [9.17, 15) is 30.6 Å². The molecule has 0 spiro atoms. The van der Waals surface area contributed by atoms with Crippen molar-refractivity contribution >= 4 is 185 Å². The predicted octanol–water partition coefficient (Wildman–Crippen LogP) is 21.8. The quantitative estimate of drug-likeness (QED) is 0.0243. The maximum absolute atomic E-state index is 10.3. The van der Waals surface area contributed by atoms with Crippen LogP contribution >= 0.6 is 0 Å². The lowest BCUT2D eigenvalue weighted by atomic mass is 9.92. The molecule has 0 aliphatic carbocycles. The van der Waals surface area contributed by atoms with Gasteiger partial charge in [0, 0.05) is 39.6 Å². The van der Waals surface area contributed by atoms with Gasteiger partial charge in [0.2, 0.25) is 0 Å². The zero-order valence-electron chi connectivity index (χ0n) is 95.4. The molecular weight excluding hydrogens is 2060 g/mol. The maximum Gasteiger partial charge on any atom is 0.314 e. The van der Waals surface area contributed by atoms with Gasteiger partial charge in [-0.25, -0.2) is 0 Å². The Kier molecular flexibility index (Phi) is 61.6. The molecule has 0 bridgehead atoms. The summed E-state index contributed by atoms with van der Waals surface area (Å²) in [6, 6.07) is 5.78. The van der Waals surface area contributed by atoms with E-state index in [0.29, 0.717) is 52.9 Å². The van der Waals surface area contributed by atoms with Crippen LogP contribution in [0.5, 0.6) is 0 Å². The van der Waals surface area contributed by atoms with Gasteiger partial charge >= 0.3 is 85.6 Å². The Balaban J connectivity index is -0.00000198. The minimum atomic E-state index is -2.48. The third kappa shape index (κ3) is 76.8. The fourth-order valence-corrected chi connectivity index (χ4v) is 118. The third-order valence-corrected chi connectivity index (χ3v) is 95.9. The summed E-state index contributed by atoms with van der Waals surface area (Å²) < 4.78 is 141. The molecule has 0 unspecified atom stereocenters. The summed E-state index contributed by atoms with van der Waals surface area (Å²) in [5, 5.41) is 60.6. The van der Waals surface area contributed by atoms with E-state index in [1.54, 1.807) is 0 Å². The normalized spacial score (nSPS) is 15.0. The summed E-state index contributed by atoms with van der Waals surface area (Å²) in [5.74, 6) is 0. The molecule has 50 heteroatoms. The van der Waals surface area contributed by atoms with Crippen LogP contribution in [0.2, 0.25) is 364 Å². The number of aliphatic hydroxyl groups is 6. The smallest absolute Gasteiger partial charge is 0.314 e. The number of hydrogen-bond donors (Lipinski definition) is 6. The fraction of sp³-hybridized carbons (Fsp3) is 1.00. The molecule has 0 fully saturated rings. The molecule has 28 nitrogen and oxygen atoms in total. The van der Waals surface area contributed by atoms with Crippen LogP contribution < -0.4 is 0 Å². The van der Waals surface area contributed by atoms with Gasteiger partial charge in [-0.2, -0.15) is 0 Å². The third-order valence-electron chi connectivity index (χ3n) is 19.3. The van der Waals surface area contributed by atoms with Crippen molar-refractivity contribution < 1.29 is 125 Å². The predicted molar refractivity (Wildman–Crippen MR) is 608 cm³/mol. The molecule has 133 heavy (non-hydrogen) atoms. The molecule has 0 saturated carbocycles. The summed E-state index contributed by atoms with van der Waals surface area (Å²) in [6.07, 6.45) is 5.20. The lowest BCUT2D eigenvalue weighted by molar-refractivity contribution is -0.0769. The molecule has 6 N–H and O–H groups in total. The van der Waals surface area contributed by atoms with Crippen molar-refractivity contribution in [1.82, 2.24) is 0 Å². The van der Waals surface area contributed by atoms with Gasteiger partial charge in [-0.15, -0.1) is 0 Å². The highest BCUT2D eigenvalue weighted by atomic mass is 28.5. The van der Waals surface area contributed by atoms with E-state index >= 15 is 0 Å². The first-order chi connectivity index (χ1) is 58.9. The van der Waals surface area contributed by atoms with Gasteiger partial charge in [-0.1, -0.05) is 0 Å². The van der Waals surface area contributed by atoms with Crippen molar-refractivity contribution in [1.29, 1.82) is 0 Å². The molecule has 0 aromatic rings. The van der Waals surface area contributed by atoms with Crippen LogP contribution in [0.15, 0.2) is 0 Å². The lowest BCUT2D eigenvalue weighted by Gasteiger charge is -2.42. The highest BCUT2D eigenvalue weighted by Gasteiger charge is 2.50. The number of aliphatic hydroxyl groups excluding tert-OH is 6. The SMILES string of the molecule is C[Si](C)(C)O[Si](C)(C)CCCOCC(CO)(CO)COCCC[Si](C)(C)O[Si](C)(C)C.C[Si](C)(C)O[Si](C)(C)O[Si](C)(C)O[Si](C)(C)CCCOCC(CO)(CO)COCCC[Si](C)(C)O[Si](C)(C)O[Si](C)(C)O[Si](C)(C)C.C[Si](C)(C)O[Si](C)(C)O[Si](C)(C)O[Si](C)(C)O[Si](C)(C)CCCOCC(CO)(CO)COCCC[Si](C)(C)O[Si](C)(C)O[Si](C)(C)O[Si](C)(C)O[Si](C)(C)C. The maximum atomic E-state index is 10.3. The second-order valence-electron chi connectivity index (χ2n) is 51.2. The summed E-state index contributed by atoms with van der Waals surface area (Å²) in [4.78, 5) is 0. The largest absolute Gasteiger partial charge is 0.456 e. The van der Waals surface area contributed by atoms with Crippen LogP contribution in [0.25, 0.3) is 0 Å². The van der Waals surface area contributed by atoms with E-state index in [1.165, 1.54) is 0 Å². The van der Waals surface area contributed by atoms with Crippen LogP contribution in [-0.2, 0) is 94.3 Å². The monoisotopic (exact) mass is 2280 g/mol. The highest BCUT2D eigenvalue weighted by molar-refractivity contribution is 6.94. The van der Waals surface area contributed by atoms with E-state index < -0.39 is 202 Å². The molecule has 0 aliphatic rings. The molecule has 804 valence electrons. The van der Waals surface area contributed by atoms with Crippen LogP contribution in [-0.4, -0.2) is 335 Å². The minimum Gasteiger partial charge on any atom is -0.456 e. The van der Waals surface area contributed by atoms with Gasteiger partial charge in [0.15, 0.2) is 99.8 Å². The zero-order chi connectivity index (χ0) is 105. The molecule has 0 saturated heterocycles. The Labute approximate surface area is 840 Å². The number of rotatable bonds is 74. The number of ether oxygens (including phenoxy) is 6. The molecule has 0 aliphatic heterocycles. The van der Waals surface area contributed by atoms with Crippen LogP contribution in [0.4, 0.5) is 0 Å². The van der Waals surface area contributed by atoms with Crippen molar-refractivity contribution in [3.05, 3.63) is 0 Å². The highest BCUT2D eigenvalue weighted by Crippen LogP contribution is 2.35. The Morgan fingerprint density at radius 3 is 0.361 bits per heavy atom. The Morgan fingerprint density at radius 1 is 0.143 bits per heavy atom. The fourth-order valence-electron chi connectivity index (χ4n) is 17.5. The Hall–Kier alpha value is 3.65.